The van der Waals surface area contributed by atoms with Crippen molar-refractivity contribution in [2.24, 2.45) is 17.3 Å². The lowest BCUT2D eigenvalue weighted by Gasteiger charge is -2.54. The summed E-state index contributed by atoms with van der Waals surface area (Å²) in [4.78, 5) is 12.2. The number of ether oxygens (including phenoxy) is 1. The van der Waals surface area contributed by atoms with Crippen LogP contribution in [0, 0.1) is 17.3 Å². The van der Waals surface area contributed by atoms with E-state index in [1.54, 1.807) is 0 Å². The third-order valence-electron chi connectivity index (χ3n) is 6.49. The molecule has 4 nitrogen and oxygen atoms in total. The molecule has 0 aromatic carbocycles. The first kappa shape index (κ1) is 12.2. The molecule has 1 heterocycles. The van der Waals surface area contributed by atoms with Gasteiger partial charge in [0.25, 0.3) is 0 Å². The Labute approximate surface area is 113 Å². The lowest BCUT2D eigenvalue weighted by molar-refractivity contribution is -0.207. The molecular weight excluding hydrogens is 244 g/mol. The molecule has 0 aromatic rings. The van der Waals surface area contributed by atoms with Gasteiger partial charge < -0.3 is 14.9 Å². The van der Waals surface area contributed by atoms with Gasteiger partial charge in [0.05, 0.1) is 17.6 Å². The molecule has 1 spiro atoms. The summed E-state index contributed by atoms with van der Waals surface area (Å²) in [6.45, 7) is 2.03. The highest BCUT2D eigenvalue weighted by atomic mass is 16.6. The van der Waals surface area contributed by atoms with Crippen LogP contribution in [0.3, 0.4) is 0 Å². The minimum absolute atomic E-state index is 0.0631. The first-order valence-electron chi connectivity index (χ1n) is 7.56. The predicted octanol–water partition coefficient (Wildman–Crippen LogP) is 1.38. The van der Waals surface area contributed by atoms with Crippen LogP contribution in [0.2, 0.25) is 0 Å². The lowest BCUT2D eigenvalue weighted by Crippen LogP contribution is -2.62. The standard InChI is InChI=1S/C15H22O4/c1-13-5-8-15(18)10(16)4-2-3-9(12(17)19-13)11(13)14(15)6-7-14/h9-11,16,18H,2-8H2,1H3/t9-,10-,11?,13+,15-/m1/s1. The number of aliphatic hydroxyl groups excluding tert-OH is 1. The number of carbonyl (C=O) groups excluding carboxylic acids is 1. The van der Waals surface area contributed by atoms with E-state index in [1.807, 2.05) is 6.92 Å². The first-order valence-corrected chi connectivity index (χ1v) is 7.56. The molecule has 2 N–H and O–H groups in total. The van der Waals surface area contributed by atoms with Gasteiger partial charge in [0, 0.05) is 11.3 Å². The maximum absolute atomic E-state index is 12.2. The molecule has 3 saturated carbocycles. The third-order valence-corrected chi connectivity index (χ3v) is 6.49. The van der Waals surface area contributed by atoms with Gasteiger partial charge in [-0.25, -0.2) is 0 Å². The van der Waals surface area contributed by atoms with Crippen LogP contribution in [-0.4, -0.2) is 33.5 Å². The first-order chi connectivity index (χ1) is 8.93. The molecule has 5 atom stereocenters. The molecule has 1 aliphatic heterocycles. The molecule has 4 fully saturated rings. The van der Waals surface area contributed by atoms with Crippen LogP contribution in [0.5, 0.6) is 0 Å². The van der Waals surface area contributed by atoms with E-state index in [0.29, 0.717) is 19.3 Å². The Morgan fingerprint density at radius 3 is 2.63 bits per heavy atom. The van der Waals surface area contributed by atoms with Crippen LogP contribution in [0.15, 0.2) is 0 Å². The summed E-state index contributed by atoms with van der Waals surface area (Å²) in [6, 6.07) is 0. The quantitative estimate of drug-likeness (QED) is 0.650. The van der Waals surface area contributed by atoms with E-state index in [0.717, 1.165) is 25.7 Å². The molecule has 1 unspecified atom stereocenters. The Morgan fingerprint density at radius 1 is 1.21 bits per heavy atom. The Kier molecular flexibility index (Phi) is 2.14. The van der Waals surface area contributed by atoms with E-state index in [-0.39, 0.29) is 23.2 Å². The van der Waals surface area contributed by atoms with Crippen molar-refractivity contribution >= 4 is 5.97 Å². The highest BCUT2D eigenvalue weighted by molar-refractivity contribution is 5.76. The molecule has 106 valence electrons. The molecule has 4 rings (SSSR count). The predicted molar refractivity (Wildman–Crippen MR) is 67.2 cm³/mol. The summed E-state index contributed by atoms with van der Waals surface area (Å²) in [5.41, 5.74) is -1.68. The summed E-state index contributed by atoms with van der Waals surface area (Å²) in [6.07, 6.45) is 4.64. The topological polar surface area (TPSA) is 66.8 Å². The maximum Gasteiger partial charge on any atom is 0.309 e. The van der Waals surface area contributed by atoms with Crippen molar-refractivity contribution in [2.75, 3.05) is 0 Å². The molecule has 0 amide bonds. The Hall–Kier alpha value is -0.610. The molecule has 0 radical (unpaired) electrons. The van der Waals surface area contributed by atoms with Crippen molar-refractivity contribution in [1.29, 1.82) is 0 Å². The van der Waals surface area contributed by atoms with Crippen LogP contribution in [0.4, 0.5) is 0 Å². The molecule has 3 aliphatic carbocycles. The normalized spacial score (nSPS) is 54.5. The van der Waals surface area contributed by atoms with Gasteiger partial charge in [-0.05, 0) is 51.9 Å². The summed E-state index contributed by atoms with van der Waals surface area (Å²) in [5, 5.41) is 21.5. The SMILES string of the molecule is C[C@@]12CC[C@@]3(O)[C@H](O)CCC[C@@H](C(=O)O1)C2C31CC1. The van der Waals surface area contributed by atoms with Gasteiger partial charge in [0.2, 0.25) is 0 Å². The average Bonchev–Trinajstić information content (AvgIpc) is 3.09. The van der Waals surface area contributed by atoms with Crippen molar-refractivity contribution < 1.29 is 19.7 Å². The number of carbonyl (C=O) groups is 1. The van der Waals surface area contributed by atoms with E-state index < -0.39 is 17.3 Å². The third kappa shape index (κ3) is 1.25. The van der Waals surface area contributed by atoms with Crippen LogP contribution in [0.1, 0.15) is 51.9 Å². The van der Waals surface area contributed by atoms with E-state index in [4.69, 9.17) is 4.74 Å². The fourth-order valence-corrected chi connectivity index (χ4v) is 5.50. The van der Waals surface area contributed by atoms with Crippen LogP contribution in [-0.2, 0) is 9.53 Å². The van der Waals surface area contributed by atoms with Crippen LogP contribution in [0.25, 0.3) is 0 Å². The Morgan fingerprint density at radius 2 is 1.95 bits per heavy atom. The number of hydrogen-bond donors (Lipinski definition) is 2. The zero-order chi connectivity index (χ0) is 13.5. The molecule has 1 saturated heterocycles. The molecular formula is C15H22O4. The summed E-state index contributed by atoms with van der Waals surface area (Å²) in [5.74, 6) is -0.0348. The second-order valence-corrected chi connectivity index (χ2v) is 7.35. The minimum atomic E-state index is -0.996. The maximum atomic E-state index is 12.2. The number of rotatable bonds is 0. The number of esters is 1. The zero-order valence-electron chi connectivity index (χ0n) is 11.4. The van der Waals surface area contributed by atoms with Gasteiger partial charge in [-0.3, -0.25) is 4.79 Å². The largest absolute Gasteiger partial charge is 0.459 e. The average molecular weight is 266 g/mol. The zero-order valence-corrected chi connectivity index (χ0v) is 11.4. The molecule has 2 bridgehead atoms. The highest BCUT2D eigenvalue weighted by Crippen LogP contribution is 2.72. The van der Waals surface area contributed by atoms with Gasteiger partial charge in [-0.15, -0.1) is 0 Å². The monoisotopic (exact) mass is 266 g/mol. The van der Waals surface area contributed by atoms with Gasteiger partial charge in [0.15, 0.2) is 0 Å². The van der Waals surface area contributed by atoms with E-state index in [9.17, 15) is 15.0 Å². The molecule has 4 heteroatoms. The van der Waals surface area contributed by atoms with Gasteiger partial charge >= 0.3 is 5.97 Å². The van der Waals surface area contributed by atoms with Gasteiger partial charge in [-0.1, -0.05) is 0 Å². The van der Waals surface area contributed by atoms with E-state index in [2.05, 4.69) is 0 Å². The Bertz CT molecular complexity index is 443. The van der Waals surface area contributed by atoms with E-state index in [1.165, 1.54) is 0 Å². The van der Waals surface area contributed by atoms with Crippen molar-refractivity contribution in [3.05, 3.63) is 0 Å². The smallest absolute Gasteiger partial charge is 0.309 e. The van der Waals surface area contributed by atoms with Gasteiger partial charge in [-0.2, -0.15) is 0 Å². The summed E-state index contributed by atoms with van der Waals surface area (Å²) >= 11 is 0. The second-order valence-electron chi connectivity index (χ2n) is 7.35. The van der Waals surface area contributed by atoms with Crippen LogP contribution < -0.4 is 0 Å². The number of hydrogen-bond acceptors (Lipinski definition) is 4. The van der Waals surface area contributed by atoms with Gasteiger partial charge in [0.1, 0.15) is 5.60 Å². The second kappa shape index (κ2) is 3.34. The van der Waals surface area contributed by atoms with Crippen molar-refractivity contribution in [3.8, 4) is 0 Å². The highest BCUT2D eigenvalue weighted by Gasteiger charge is 2.76. The molecule has 19 heavy (non-hydrogen) atoms. The van der Waals surface area contributed by atoms with Crippen molar-refractivity contribution in [2.45, 2.75) is 69.2 Å². The van der Waals surface area contributed by atoms with Crippen molar-refractivity contribution in [3.63, 3.8) is 0 Å². The molecule has 0 aromatic heterocycles. The minimum Gasteiger partial charge on any atom is -0.459 e. The van der Waals surface area contributed by atoms with Crippen molar-refractivity contribution in [1.82, 2.24) is 0 Å². The lowest BCUT2D eigenvalue weighted by atomic mass is 9.54. The summed E-state index contributed by atoms with van der Waals surface area (Å²) < 4.78 is 5.72. The molecule has 4 aliphatic rings. The fraction of sp³-hybridized carbons (Fsp3) is 0.933. The Balaban J connectivity index is 1.86. The van der Waals surface area contributed by atoms with E-state index >= 15 is 0 Å². The van der Waals surface area contributed by atoms with Crippen LogP contribution >= 0.6 is 0 Å². The number of aliphatic hydroxyl groups is 2. The summed E-state index contributed by atoms with van der Waals surface area (Å²) in [7, 11) is 0. The fourth-order valence-electron chi connectivity index (χ4n) is 5.50.